The summed E-state index contributed by atoms with van der Waals surface area (Å²) in [6, 6.07) is 16.9. The van der Waals surface area contributed by atoms with E-state index in [-0.39, 0.29) is 78.4 Å². The molecule has 2 atom stereocenters. The maximum atomic E-state index is 12.1. The number of carbonyl (C=O) groups is 2. The van der Waals surface area contributed by atoms with Gasteiger partial charge in [0.2, 0.25) is 0 Å². The molecule has 0 saturated heterocycles. The molecule has 2 aromatic carbocycles. The van der Waals surface area contributed by atoms with Crippen LogP contribution >= 0.6 is 0 Å². The molecular weight excluding hydrogens is 430 g/mol. The van der Waals surface area contributed by atoms with Crippen molar-refractivity contribution in [2.45, 2.75) is 30.4 Å². The fraction of sp³-hybridized carbons (Fsp3) is 0.300. The summed E-state index contributed by atoms with van der Waals surface area (Å²) >= 11 is 0. The monoisotopic (exact) mass is 450 g/mol. The summed E-state index contributed by atoms with van der Waals surface area (Å²) in [7, 11) is -5.33. The SMILES string of the molecule is O=C([O-])C(CCc1ccccc1)C(CCc1ccccc1)(C(=O)[O-])S(=O)(=O)O.[Na+].[Na+]. The molecule has 0 spiro atoms. The fourth-order valence-electron chi connectivity index (χ4n) is 3.30. The predicted octanol–water partition coefficient (Wildman–Crippen LogP) is -6.00. The Labute approximate surface area is 220 Å². The van der Waals surface area contributed by atoms with Gasteiger partial charge in [0.1, 0.15) is 4.75 Å². The summed E-state index contributed by atoms with van der Waals surface area (Å²) in [5.74, 6) is -6.02. The summed E-state index contributed by atoms with van der Waals surface area (Å²) in [6.45, 7) is 0. The molecule has 2 aromatic rings. The molecule has 0 aliphatic rings. The van der Waals surface area contributed by atoms with E-state index < -0.39 is 39.1 Å². The first-order valence-electron chi connectivity index (χ1n) is 8.65. The zero-order valence-corrected chi connectivity index (χ0v) is 21.8. The molecule has 0 heterocycles. The summed E-state index contributed by atoms with van der Waals surface area (Å²) in [6.07, 6.45) is -1.00. The number of hydrogen-bond donors (Lipinski definition) is 1. The van der Waals surface area contributed by atoms with Gasteiger partial charge in [-0.3, -0.25) is 4.55 Å². The molecule has 7 nitrogen and oxygen atoms in total. The Kier molecular flexibility index (Phi) is 12.7. The van der Waals surface area contributed by atoms with Gasteiger partial charge in [-0.15, -0.1) is 0 Å². The second-order valence-electron chi connectivity index (χ2n) is 6.53. The van der Waals surface area contributed by atoms with Gasteiger partial charge in [0.05, 0.1) is 5.97 Å². The van der Waals surface area contributed by atoms with Crippen LogP contribution in [0.1, 0.15) is 24.0 Å². The van der Waals surface area contributed by atoms with Gasteiger partial charge >= 0.3 is 59.1 Å². The molecule has 30 heavy (non-hydrogen) atoms. The van der Waals surface area contributed by atoms with Gasteiger partial charge in [-0.2, -0.15) is 8.42 Å². The van der Waals surface area contributed by atoms with Crippen LogP contribution in [0.15, 0.2) is 60.7 Å². The van der Waals surface area contributed by atoms with Gasteiger partial charge in [0.25, 0.3) is 10.1 Å². The molecule has 0 bridgehead atoms. The van der Waals surface area contributed by atoms with E-state index in [9.17, 15) is 32.8 Å². The van der Waals surface area contributed by atoms with Crippen molar-refractivity contribution >= 4 is 22.1 Å². The van der Waals surface area contributed by atoms with Crippen LogP contribution in [0.3, 0.4) is 0 Å². The Hall–Kier alpha value is -0.710. The topological polar surface area (TPSA) is 135 Å². The maximum absolute atomic E-state index is 12.1. The van der Waals surface area contributed by atoms with Crippen molar-refractivity contribution in [2.75, 3.05) is 0 Å². The normalized spacial score (nSPS) is 13.8. The van der Waals surface area contributed by atoms with E-state index in [0.29, 0.717) is 11.1 Å². The van der Waals surface area contributed by atoms with Crippen LogP contribution in [-0.4, -0.2) is 29.7 Å². The molecule has 2 unspecified atom stereocenters. The number of carboxylic acid groups (broad SMARTS) is 2. The third-order valence-electron chi connectivity index (χ3n) is 4.85. The summed E-state index contributed by atoms with van der Waals surface area (Å²) < 4.78 is 31.0. The van der Waals surface area contributed by atoms with E-state index in [1.165, 1.54) is 0 Å². The van der Waals surface area contributed by atoms with Crippen LogP contribution in [-0.2, 0) is 32.5 Å². The molecule has 0 fully saturated rings. The van der Waals surface area contributed by atoms with Crippen LogP contribution < -0.4 is 69.3 Å². The first kappa shape index (κ1) is 29.3. The number of rotatable bonds is 10. The number of carbonyl (C=O) groups excluding carboxylic acids is 2. The second-order valence-corrected chi connectivity index (χ2v) is 8.21. The number of hydrogen-bond acceptors (Lipinski definition) is 6. The van der Waals surface area contributed by atoms with Crippen molar-refractivity contribution in [1.82, 2.24) is 0 Å². The standard InChI is InChI=1S/C20H22O7S.2Na/c21-18(22)17(12-11-15-7-3-1-4-8-15)20(19(23)24,28(25,26)27)14-13-16-9-5-2-6-10-16;;/h1-10,17H,11-14H2,(H,21,22)(H,23,24)(H,25,26,27);;/q;2*+1/p-2. The third-order valence-corrected chi connectivity index (χ3v) is 6.42. The Morgan fingerprint density at radius 2 is 1.30 bits per heavy atom. The van der Waals surface area contributed by atoms with Gasteiger partial charge in [0, 0.05) is 11.9 Å². The van der Waals surface area contributed by atoms with Gasteiger partial charge in [-0.25, -0.2) is 0 Å². The number of carboxylic acids is 2. The second kappa shape index (κ2) is 13.0. The fourth-order valence-corrected chi connectivity index (χ4v) is 4.45. The average molecular weight is 450 g/mol. The number of benzene rings is 2. The number of aliphatic carboxylic acids is 2. The molecule has 2 rings (SSSR count). The van der Waals surface area contributed by atoms with E-state index in [0.717, 1.165) is 0 Å². The van der Waals surface area contributed by atoms with Crippen LogP contribution in [0, 0.1) is 5.92 Å². The Balaban J connectivity index is 0.00000420. The zero-order chi connectivity index (χ0) is 20.8. The van der Waals surface area contributed by atoms with Crippen LogP contribution in [0.25, 0.3) is 0 Å². The van der Waals surface area contributed by atoms with Crippen molar-refractivity contribution in [1.29, 1.82) is 0 Å². The average Bonchev–Trinajstić information content (AvgIpc) is 2.64. The van der Waals surface area contributed by atoms with E-state index in [1.54, 1.807) is 60.7 Å². The van der Waals surface area contributed by atoms with Crippen molar-refractivity contribution in [2.24, 2.45) is 5.92 Å². The Morgan fingerprint density at radius 1 is 0.867 bits per heavy atom. The van der Waals surface area contributed by atoms with Crippen molar-refractivity contribution in [3.63, 3.8) is 0 Å². The molecule has 0 radical (unpaired) electrons. The van der Waals surface area contributed by atoms with Crippen molar-refractivity contribution in [3.05, 3.63) is 71.8 Å². The molecule has 0 amide bonds. The minimum absolute atomic E-state index is 0. The van der Waals surface area contributed by atoms with Gasteiger partial charge in [0.15, 0.2) is 0 Å². The van der Waals surface area contributed by atoms with E-state index >= 15 is 0 Å². The Bertz CT molecular complexity index is 921. The van der Waals surface area contributed by atoms with Gasteiger partial charge < -0.3 is 19.8 Å². The smallest absolute Gasteiger partial charge is 0.550 e. The first-order chi connectivity index (χ1) is 13.2. The minimum Gasteiger partial charge on any atom is -0.550 e. The molecule has 0 aromatic heterocycles. The molecule has 0 aliphatic carbocycles. The van der Waals surface area contributed by atoms with Gasteiger partial charge in [-0.05, 0) is 36.8 Å². The summed E-state index contributed by atoms with van der Waals surface area (Å²) in [5, 5.41) is 23.7. The van der Waals surface area contributed by atoms with Crippen LogP contribution in [0.2, 0.25) is 0 Å². The number of aryl methyl sites for hydroxylation is 2. The summed E-state index contributed by atoms with van der Waals surface area (Å²) in [4.78, 5) is 23.7. The predicted molar refractivity (Wildman–Crippen MR) is 97.3 cm³/mol. The van der Waals surface area contributed by atoms with Crippen molar-refractivity contribution in [3.8, 4) is 0 Å². The maximum Gasteiger partial charge on any atom is 1.00 e. The Morgan fingerprint density at radius 3 is 1.67 bits per heavy atom. The van der Waals surface area contributed by atoms with Crippen molar-refractivity contribution < 1.29 is 91.9 Å². The zero-order valence-electron chi connectivity index (χ0n) is 17.0. The van der Waals surface area contributed by atoms with E-state index in [4.69, 9.17) is 0 Å². The molecular formula is C20H20Na2O7S. The minimum atomic E-state index is -5.33. The molecule has 0 saturated carbocycles. The van der Waals surface area contributed by atoms with E-state index in [2.05, 4.69) is 0 Å². The van der Waals surface area contributed by atoms with Crippen LogP contribution in [0.5, 0.6) is 0 Å². The molecule has 10 heteroatoms. The quantitative estimate of drug-likeness (QED) is 0.281. The molecule has 1 N–H and O–H groups in total. The van der Waals surface area contributed by atoms with Gasteiger partial charge in [-0.1, -0.05) is 60.7 Å². The summed E-state index contributed by atoms with van der Waals surface area (Å²) in [5.41, 5.74) is 1.29. The molecule has 0 aliphatic heterocycles. The first-order valence-corrected chi connectivity index (χ1v) is 10.1. The largest absolute Gasteiger partial charge is 1.00 e. The van der Waals surface area contributed by atoms with E-state index in [1.807, 2.05) is 0 Å². The third kappa shape index (κ3) is 7.17. The molecule has 150 valence electrons. The van der Waals surface area contributed by atoms with Crippen LogP contribution in [0.4, 0.5) is 0 Å².